The second kappa shape index (κ2) is 6.85. The molecule has 0 aliphatic rings. The van der Waals surface area contributed by atoms with Crippen molar-refractivity contribution in [2.45, 2.75) is 17.4 Å². The van der Waals surface area contributed by atoms with Crippen LogP contribution in [0, 0.1) is 28.5 Å². The summed E-state index contributed by atoms with van der Waals surface area (Å²) in [5, 5.41) is 20.2. The monoisotopic (exact) mass is 449 g/mol. The average molecular weight is 449 g/mol. The Morgan fingerprint density at radius 2 is 1.70 bits per heavy atom. The van der Waals surface area contributed by atoms with Crippen LogP contribution in [0.25, 0.3) is 0 Å². The molecule has 0 saturated heterocycles. The number of carbonyl (C=O) groups is 1. The van der Waals surface area contributed by atoms with Gasteiger partial charge < -0.3 is 10.1 Å². The molecule has 2 aromatic rings. The summed E-state index contributed by atoms with van der Waals surface area (Å²) in [4.78, 5) is 10.1. The Hall–Kier alpha value is -3.38. The molecule has 1 unspecified atom stereocenters. The zero-order chi connectivity index (χ0) is 22.9. The first-order valence-corrected chi connectivity index (χ1v) is 9.92. The molecule has 30 heavy (non-hydrogen) atoms. The van der Waals surface area contributed by atoms with Gasteiger partial charge in [-0.2, -0.15) is 10.5 Å². The number of ether oxygens (including phenoxy) is 1. The number of rotatable bonds is 6. The zero-order valence-corrected chi connectivity index (χ0v) is 16.0. The molecule has 2 rings (SSSR count). The number of hydrogen-bond acceptors (Lipinski definition) is 4. The van der Waals surface area contributed by atoms with Gasteiger partial charge in [-0.1, -0.05) is 19.4 Å². The van der Waals surface area contributed by atoms with Crippen LogP contribution in [-0.4, -0.2) is 18.1 Å². The number of nitrogens with zero attached hydrogens (tertiary/aromatic N) is 2. The summed E-state index contributed by atoms with van der Waals surface area (Å²) in [5.41, 5.74) is -2.12. The number of amides is 1. The quantitative estimate of drug-likeness (QED) is 0.595. The standard InChI is InChI=1S/C18H13F6N3O2S/c1-18(10-26,11-29-16-7-2-12(9-25)8-15(16)19)27-17(28)13-3-5-14(6-4-13)30(20,21,22,23)24/h2-8H,11H2,1H3,(H,27,28). The minimum atomic E-state index is -9.88. The Morgan fingerprint density at radius 1 is 1.10 bits per heavy atom. The molecule has 1 amide bonds. The van der Waals surface area contributed by atoms with E-state index < -0.39 is 44.6 Å². The highest BCUT2D eigenvalue weighted by atomic mass is 32.5. The first-order chi connectivity index (χ1) is 13.6. The van der Waals surface area contributed by atoms with E-state index in [0.717, 1.165) is 12.1 Å². The van der Waals surface area contributed by atoms with Crippen LogP contribution < -0.4 is 10.1 Å². The van der Waals surface area contributed by atoms with E-state index in [9.17, 15) is 33.9 Å². The predicted octanol–water partition coefficient (Wildman–Crippen LogP) is 5.45. The SMILES string of the molecule is CC(C#N)(COc1ccc(C#N)cc1F)NC(=O)c1ccc(S(F)(F)(F)(F)F)cc1. The van der Waals surface area contributed by atoms with Crippen molar-refractivity contribution < 1.29 is 33.4 Å². The van der Waals surface area contributed by atoms with Gasteiger partial charge in [0.15, 0.2) is 17.1 Å². The summed E-state index contributed by atoms with van der Waals surface area (Å²) in [7, 11) is -9.88. The Morgan fingerprint density at radius 3 is 2.17 bits per heavy atom. The van der Waals surface area contributed by atoms with E-state index in [0.29, 0.717) is 12.1 Å². The van der Waals surface area contributed by atoms with Crippen LogP contribution in [0.4, 0.5) is 23.8 Å². The molecule has 0 heterocycles. The third-order valence-electron chi connectivity index (χ3n) is 3.78. The maximum absolute atomic E-state index is 13.8. The molecule has 0 aliphatic heterocycles. The van der Waals surface area contributed by atoms with Gasteiger partial charge >= 0.3 is 10.2 Å². The topological polar surface area (TPSA) is 85.9 Å². The van der Waals surface area contributed by atoms with Crippen LogP contribution in [0.15, 0.2) is 47.4 Å². The molecule has 0 aliphatic carbocycles. The minimum Gasteiger partial charge on any atom is -0.487 e. The Kier molecular flexibility index (Phi) is 5.23. The Balaban J connectivity index is 2.14. The molecule has 12 heteroatoms. The minimum absolute atomic E-state index is 0.0335. The number of hydrogen-bond donors (Lipinski definition) is 1. The largest absolute Gasteiger partial charge is 0.487 e. The molecule has 1 atom stereocenters. The van der Waals surface area contributed by atoms with E-state index in [-0.39, 0.29) is 23.4 Å². The smallest absolute Gasteiger partial charge is 0.310 e. The van der Waals surface area contributed by atoms with Crippen LogP contribution in [0.5, 0.6) is 5.75 Å². The summed E-state index contributed by atoms with van der Waals surface area (Å²) in [6.45, 7) is 0.650. The molecule has 5 nitrogen and oxygen atoms in total. The number of halogens is 6. The van der Waals surface area contributed by atoms with Crippen molar-refractivity contribution in [3.8, 4) is 17.9 Å². The maximum Gasteiger partial charge on any atom is 0.310 e. The van der Waals surface area contributed by atoms with Crippen molar-refractivity contribution in [1.29, 1.82) is 10.5 Å². The van der Waals surface area contributed by atoms with Gasteiger partial charge in [0, 0.05) is 5.56 Å². The van der Waals surface area contributed by atoms with Gasteiger partial charge in [0.1, 0.15) is 11.5 Å². The van der Waals surface area contributed by atoms with E-state index in [1.165, 1.54) is 13.0 Å². The summed E-state index contributed by atoms with van der Waals surface area (Å²) >= 11 is 0. The highest BCUT2D eigenvalue weighted by Crippen LogP contribution is 3.02. The zero-order valence-electron chi connectivity index (χ0n) is 15.1. The van der Waals surface area contributed by atoms with Gasteiger partial charge in [-0.05, 0) is 49.4 Å². The van der Waals surface area contributed by atoms with E-state index in [4.69, 9.17) is 10.00 Å². The third kappa shape index (κ3) is 5.58. The first kappa shape index (κ1) is 22.9. The van der Waals surface area contributed by atoms with Crippen LogP contribution in [0.3, 0.4) is 0 Å². The van der Waals surface area contributed by atoms with Gasteiger partial charge in [-0.15, -0.1) is 0 Å². The van der Waals surface area contributed by atoms with Gasteiger partial charge in [0.25, 0.3) is 5.91 Å². The lowest BCUT2D eigenvalue weighted by molar-refractivity contribution is 0.0900. The lowest BCUT2D eigenvalue weighted by Crippen LogP contribution is -2.49. The second-order valence-corrected chi connectivity index (χ2v) is 8.85. The van der Waals surface area contributed by atoms with E-state index >= 15 is 0 Å². The van der Waals surface area contributed by atoms with Crippen LogP contribution in [0.1, 0.15) is 22.8 Å². The molecule has 0 spiro atoms. The van der Waals surface area contributed by atoms with Gasteiger partial charge in [0.05, 0.1) is 17.7 Å². The maximum atomic E-state index is 13.8. The Labute approximate surface area is 167 Å². The highest BCUT2D eigenvalue weighted by Gasteiger charge is 2.65. The highest BCUT2D eigenvalue weighted by molar-refractivity contribution is 8.45. The molecule has 2 aromatic carbocycles. The van der Waals surface area contributed by atoms with Gasteiger partial charge in [-0.3, -0.25) is 4.79 Å². The van der Waals surface area contributed by atoms with Crippen molar-refractivity contribution in [2.24, 2.45) is 0 Å². The summed E-state index contributed by atoms with van der Waals surface area (Å²) in [6.07, 6.45) is 0. The van der Waals surface area contributed by atoms with Crippen LogP contribution in [-0.2, 0) is 0 Å². The molecule has 0 bridgehead atoms. The van der Waals surface area contributed by atoms with Crippen LogP contribution in [0.2, 0.25) is 0 Å². The van der Waals surface area contributed by atoms with Gasteiger partial charge in [-0.25, -0.2) is 4.39 Å². The van der Waals surface area contributed by atoms with E-state index in [1.54, 1.807) is 12.1 Å². The molecule has 0 aromatic heterocycles. The molecule has 0 fully saturated rings. The number of carbonyl (C=O) groups excluding carboxylic acids is 1. The fraction of sp³-hybridized carbons (Fsp3) is 0.167. The normalized spacial score (nSPS) is 15.5. The molecular weight excluding hydrogens is 436 g/mol. The van der Waals surface area contributed by atoms with E-state index in [2.05, 4.69) is 5.32 Å². The fourth-order valence-electron chi connectivity index (χ4n) is 2.19. The average Bonchev–Trinajstić information content (AvgIpc) is 2.65. The Bertz CT molecular complexity index is 1080. The van der Waals surface area contributed by atoms with Crippen molar-refractivity contribution in [3.05, 3.63) is 59.4 Å². The lowest BCUT2D eigenvalue weighted by atomic mass is 10.1. The summed E-state index contributed by atoms with van der Waals surface area (Å²) in [5.74, 6) is -2.21. The molecular formula is C18H13F6N3O2S. The predicted molar refractivity (Wildman–Crippen MR) is 95.9 cm³/mol. The van der Waals surface area contributed by atoms with Crippen molar-refractivity contribution in [3.63, 3.8) is 0 Å². The second-order valence-electron chi connectivity index (χ2n) is 6.44. The van der Waals surface area contributed by atoms with Crippen molar-refractivity contribution in [1.82, 2.24) is 5.32 Å². The van der Waals surface area contributed by atoms with Crippen molar-refractivity contribution in [2.75, 3.05) is 6.61 Å². The first-order valence-electron chi connectivity index (χ1n) is 7.97. The molecule has 1 N–H and O–H groups in total. The lowest BCUT2D eigenvalue weighted by Gasteiger charge is -2.40. The number of benzene rings is 2. The van der Waals surface area contributed by atoms with Crippen LogP contribution >= 0.6 is 10.2 Å². The third-order valence-corrected chi connectivity index (χ3v) is 4.94. The van der Waals surface area contributed by atoms with Gasteiger partial charge in [0.2, 0.25) is 0 Å². The molecule has 0 saturated carbocycles. The summed E-state index contributed by atoms with van der Waals surface area (Å²) < 4.78 is 82.7. The molecule has 160 valence electrons. The van der Waals surface area contributed by atoms with E-state index in [1.807, 2.05) is 0 Å². The fourth-order valence-corrected chi connectivity index (χ4v) is 2.84. The molecule has 0 radical (unpaired) electrons. The summed E-state index contributed by atoms with van der Waals surface area (Å²) in [6, 6.07) is 7.98. The van der Waals surface area contributed by atoms with Crippen molar-refractivity contribution >= 4 is 16.1 Å². The number of nitriles is 2. The number of nitrogens with one attached hydrogen (secondary N) is 1.